The molecule has 0 aromatic heterocycles. The average Bonchev–Trinajstić information content (AvgIpc) is 2.12. The fraction of sp³-hybridized carbons (Fsp3) is 1.00. The highest BCUT2D eigenvalue weighted by molar-refractivity contribution is 4.70. The highest BCUT2D eigenvalue weighted by Gasteiger charge is 2.25. The van der Waals surface area contributed by atoms with Crippen LogP contribution in [0.3, 0.4) is 0 Å². The van der Waals surface area contributed by atoms with Gasteiger partial charge in [-0.15, -0.1) is 0 Å². The molecule has 0 rings (SSSR count). The van der Waals surface area contributed by atoms with Crippen LogP contribution in [0.2, 0.25) is 0 Å². The Morgan fingerprint density at radius 3 is 2.14 bits per heavy atom. The summed E-state index contributed by atoms with van der Waals surface area (Å²) in [6, 6.07) is 0. The first kappa shape index (κ1) is 13.9. The van der Waals surface area contributed by atoms with E-state index in [-0.39, 0.29) is 0 Å². The second-order valence-corrected chi connectivity index (χ2v) is 4.35. The molecule has 2 nitrogen and oxygen atoms in total. The van der Waals surface area contributed by atoms with Crippen LogP contribution in [0.15, 0.2) is 0 Å². The molecule has 0 radical (unpaired) electrons. The third kappa shape index (κ3) is 6.39. The van der Waals surface area contributed by atoms with Gasteiger partial charge in [0.1, 0.15) is 0 Å². The summed E-state index contributed by atoms with van der Waals surface area (Å²) in [5.74, 6) is -0.958. The Balaban J connectivity index is 3.89. The summed E-state index contributed by atoms with van der Waals surface area (Å²) in [6.45, 7) is 6.28. The topological polar surface area (TPSA) is 40.5 Å². The molecular formula is C12H26O2. The van der Waals surface area contributed by atoms with Crippen LogP contribution < -0.4 is 0 Å². The second kappa shape index (κ2) is 7.24. The summed E-state index contributed by atoms with van der Waals surface area (Å²) in [5, 5.41) is 19.3. The molecular weight excluding hydrogens is 176 g/mol. The largest absolute Gasteiger partial charge is 0.366 e. The zero-order valence-electron chi connectivity index (χ0n) is 9.92. The number of hydrogen-bond donors (Lipinski definition) is 2. The zero-order valence-corrected chi connectivity index (χ0v) is 9.92. The van der Waals surface area contributed by atoms with Crippen molar-refractivity contribution in [1.29, 1.82) is 0 Å². The first-order chi connectivity index (χ1) is 6.55. The number of hydrogen-bond acceptors (Lipinski definition) is 2. The summed E-state index contributed by atoms with van der Waals surface area (Å²) in [7, 11) is 0. The highest BCUT2D eigenvalue weighted by Crippen LogP contribution is 2.25. The Hall–Kier alpha value is -0.0800. The van der Waals surface area contributed by atoms with Crippen molar-refractivity contribution in [2.75, 3.05) is 0 Å². The maximum absolute atomic E-state index is 9.67. The van der Waals surface area contributed by atoms with Gasteiger partial charge in [-0.05, 0) is 5.92 Å². The van der Waals surface area contributed by atoms with Crippen LogP contribution in [-0.2, 0) is 0 Å². The van der Waals surface area contributed by atoms with Gasteiger partial charge in [-0.3, -0.25) is 0 Å². The van der Waals surface area contributed by atoms with Crippen molar-refractivity contribution < 1.29 is 10.2 Å². The third-order valence-electron chi connectivity index (χ3n) is 2.81. The summed E-state index contributed by atoms with van der Waals surface area (Å²) in [4.78, 5) is 0. The fourth-order valence-corrected chi connectivity index (χ4v) is 1.91. The lowest BCUT2D eigenvalue weighted by Crippen LogP contribution is -2.30. The van der Waals surface area contributed by atoms with Crippen molar-refractivity contribution in [3.63, 3.8) is 0 Å². The van der Waals surface area contributed by atoms with E-state index < -0.39 is 5.79 Å². The second-order valence-electron chi connectivity index (χ2n) is 4.35. The lowest BCUT2D eigenvalue weighted by molar-refractivity contribution is -0.179. The van der Waals surface area contributed by atoms with Crippen molar-refractivity contribution in [3.8, 4) is 0 Å². The minimum atomic E-state index is -1.43. The van der Waals surface area contributed by atoms with Gasteiger partial charge >= 0.3 is 0 Å². The van der Waals surface area contributed by atoms with Gasteiger partial charge in [0.05, 0.1) is 0 Å². The Bertz CT molecular complexity index is 132. The Labute approximate surface area is 88.3 Å². The normalized spacial score (nSPS) is 14.4. The quantitative estimate of drug-likeness (QED) is 0.594. The van der Waals surface area contributed by atoms with Gasteiger partial charge in [0.25, 0.3) is 0 Å². The highest BCUT2D eigenvalue weighted by atomic mass is 16.5. The Morgan fingerprint density at radius 2 is 1.71 bits per heavy atom. The molecule has 0 heterocycles. The van der Waals surface area contributed by atoms with Crippen LogP contribution in [0.1, 0.15) is 65.7 Å². The van der Waals surface area contributed by atoms with Crippen LogP contribution in [0.4, 0.5) is 0 Å². The van der Waals surface area contributed by atoms with Gasteiger partial charge in [-0.2, -0.15) is 0 Å². The van der Waals surface area contributed by atoms with Crippen LogP contribution in [0.25, 0.3) is 0 Å². The molecule has 0 aliphatic carbocycles. The molecule has 2 heteroatoms. The van der Waals surface area contributed by atoms with Crippen LogP contribution in [0, 0.1) is 5.92 Å². The molecule has 0 fully saturated rings. The van der Waals surface area contributed by atoms with Gasteiger partial charge in [0.2, 0.25) is 0 Å². The van der Waals surface area contributed by atoms with E-state index in [1.54, 1.807) is 0 Å². The lowest BCUT2D eigenvalue weighted by atomic mass is 9.90. The minimum absolute atomic E-state index is 0.469. The van der Waals surface area contributed by atoms with E-state index in [1.165, 1.54) is 12.8 Å². The van der Waals surface area contributed by atoms with Crippen LogP contribution >= 0.6 is 0 Å². The van der Waals surface area contributed by atoms with Gasteiger partial charge in [0, 0.05) is 12.8 Å². The van der Waals surface area contributed by atoms with Crippen LogP contribution in [0.5, 0.6) is 0 Å². The molecule has 0 saturated carbocycles. The van der Waals surface area contributed by atoms with E-state index >= 15 is 0 Å². The molecule has 0 bridgehead atoms. The Kier molecular flexibility index (Phi) is 7.20. The molecule has 1 unspecified atom stereocenters. The van der Waals surface area contributed by atoms with E-state index in [0.29, 0.717) is 18.8 Å². The summed E-state index contributed by atoms with van der Waals surface area (Å²) < 4.78 is 0. The molecule has 0 aromatic rings. The van der Waals surface area contributed by atoms with Crippen LogP contribution in [-0.4, -0.2) is 16.0 Å². The predicted molar refractivity (Wildman–Crippen MR) is 60.0 cm³/mol. The predicted octanol–water partition coefficient (Wildman–Crippen LogP) is 3.07. The lowest BCUT2D eigenvalue weighted by Gasteiger charge is -2.26. The summed E-state index contributed by atoms with van der Waals surface area (Å²) >= 11 is 0. The third-order valence-corrected chi connectivity index (χ3v) is 2.81. The van der Waals surface area contributed by atoms with Crippen molar-refractivity contribution in [2.24, 2.45) is 5.92 Å². The standard InChI is InChI=1S/C12H26O2/c1-4-7-8-11(6-3)10-12(13,14)9-5-2/h11,13-14H,4-10H2,1-3H3. The zero-order chi connectivity index (χ0) is 11.0. The maximum atomic E-state index is 9.67. The molecule has 2 N–H and O–H groups in total. The molecule has 0 aliphatic rings. The smallest absolute Gasteiger partial charge is 0.162 e. The SMILES string of the molecule is CCCCC(CC)CC(O)(O)CCC. The van der Waals surface area contributed by atoms with E-state index in [4.69, 9.17) is 0 Å². The molecule has 1 atom stereocenters. The summed E-state index contributed by atoms with van der Waals surface area (Å²) in [5.41, 5.74) is 0. The van der Waals surface area contributed by atoms with E-state index in [1.807, 2.05) is 6.92 Å². The monoisotopic (exact) mass is 202 g/mol. The summed E-state index contributed by atoms with van der Waals surface area (Å²) in [6.07, 6.45) is 6.42. The molecule has 0 amide bonds. The van der Waals surface area contributed by atoms with Crippen molar-refractivity contribution >= 4 is 0 Å². The molecule has 14 heavy (non-hydrogen) atoms. The molecule has 0 saturated heterocycles. The fourth-order valence-electron chi connectivity index (χ4n) is 1.91. The average molecular weight is 202 g/mol. The molecule has 0 aliphatic heterocycles. The first-order valence-electron chi connectivity index (χ1n) is 6.00. The molecule has 0 spiro atoms. The van der Waals surface area contributed by atoms with Crippen molar-refractivity contribution in [1.82, 2.24) is 0 Å². The number of unbranched alkanes of at least 4 members (excludes halogenated alkanes) is 1. The van der Waals surface area contributed by atoms with E-state index in [0.717, 1.165) is 19.3 Å². The molecule has 0 aromatic carbocycles. The van der Waals surface area contributed by atoms with Gasteiger partial charge in [-0.1, -0.05) is 52.9 Å². The van der Waals surface area contributed by atoms with Gasteiger partial charge in [0.15, 0.2) is 5.79 Å². The minimum Gasteiger partial charge on any atom is -0.366 e. The van der Waals surface area contributed by atoms with Gasteiger partial charge in [-0.25, -0.2) is 0 Å². The maximum Gasteiger partial charge on any atom is 0.162 e. The Morgan fingerprint density at radius 1 is 1.07 bits per heavy atom. The first-order valence-corrected chi connectivity index (χ1v) is 6.00. The number of rotatable bonds is 8. The van der Waals surface area contributed by atoms with Crippen molar-refractivity contribution in [3.05, 3.63) is 0 Å². The van der Waals surface area contributed by atoms with E-state index in [2.05, 4.69) is 13.8 Å². The van der Waals surface area contributed by atoms with Crippen molar-refractivity contribution in [2.45, 2.75) is 71.5 Å². The number of aliphatic hydroxyl groups is 2. The van der Waals surface area contributed by atoms with E-state index in [9.17, 15) is 10.2 Å². The molecule has 86 valence electrons. The van der Waals surface area contributed by atoms with Gasteiger partial charge < -0.3 is 10.2 Å².